The summed E-state index contributed by atoms with van der Waals surface area (Å²) in [6.07, 6.45) is -1.33. The van der Waals surface area contributed by atoms with E-state index in [9.17, 15) is 17.6 Å². The molecule has 24 heavy (non-hydrogen) atoms. The van der Waals surface area contributed by atoms with Crippen LogP contribution in [0.2, 0.25) is 0 Å². The minimum atomic E-state index is -4.53. The average Bonchev–Trinajstić information content (AvgIpc) is 3.14. The number of benzene rings is 1. The largest absolute Gasteiger partial charge is 0.413 e. The molecule has 124 valence electrons. The van der Waals surface area contributed by atoms with Gasteiger partial charge in [-0.25, -0.2) is 9.37 Å². The zero-order chi connectivity index (χ0) is 16.9. The molecule has 3 heterocycles. The van der Waals surface area contributed by atoms with E-state index in [-0.39, 0.29) is 17.9 Å². The molecule has 0 radical (unpaired) electrons. The van der Waals surface area contributed by atoms with Gasteiger partial charge in [0.25, 0.3) is 5.78 Å². The molecule has 1 unspecified atom stereocenters. The Labute approximate surface area is 133 Å². The molecule has 1 aliphatic heterocycles. The summed E-state index contributed by atoms with van der Waals surface area (Å²) in [6, 6.07) is 2.48. The average molecular weight is 337 g/mol. The number of nitrogens with zero attached hydrogens (tertiary/aromatic N) is 5. The summed E-state index contributed by atoms with van der Waals surface area (Å²) in [4.78, 5) is 9.23. The lowest BCUT2D eigenvalue weighted by atomic mass is 10.1. The number of rotatable bonds is 2. The molecule has 1 aliphatic rings. The summed E-state index contributed by atoms with van der Waals surface area (Å²) < 4.78 is 55.8. The van der Waals surface area contributed by atoms with Crippen LogP contribution >= 0.6 is 0 Å². The molecule has 9 heteroatoms. The van der Waals surface area contributed by atoms with Crippen molar-refractivity contribution in [3.05, 3.63) is 53.7 Å². The maximum Gasteiger partial charge on any atom is 0.413 e. The van der Waals surface area contributed by atoms with Crippen molar-refractivity contribution in [3.8, 4) is 0 Å². The lowest BCUT2D eigenvalue weighted by Gasteiger charge is -2.32. The van der Waals surface area contributed by atoms with Crippen molar-refractivity contribution < 1.29 is 17.6 Å². The van der Waals surface area contributed by atoms with Crippen molar-refractivity contribution >= 4 is 11.6 Å². The van der Waals surface area contributed by atoms with E-state index < -0.39 is 18.0 Å². The van der Waals surface area contributed by atoms with Gasteiger partial charge in [0.15, 0.2) is 6.04 Å². The SMILES string of the molecule is Fc1ccc(C(N2CCc3cnc4ncnn4c32)C(F)(F)F)cc1. The zero-order valence-electron chi connectivity index (χ0n) is 12.2. The predicted molar refractivity (Wildman–Crippen MR) is 77.0 cm³/mol. The van der Waals surface area contributed by atoms with E-state index in [1.54, 1.807) is 0 Å². The topological polar surface area (TPSA) is 46.3 Å². The summed E-state index contributed by atoms with van der Waals surface area (Å²) in [5.41, 5.74) is 0.645. The van der Waals surface area contributed by atoms with Crippen molar-refractivity contribution in [2.45, 2.75) is 18.6 Å². The molecule has 2 aromatic heterocycles. The molecule has 0 aliphatic carbocycles. The van der Waals surface area contributed by atoms with E-state index in [0.29, 0.717) is 17.8 Å². The first-order chi connectivity index (χ1) is 11.4. The Morgan fingerprint density at radius 2 is 1.83 bits per heavy atom. The predicted octanol–water partition coefficient (Wildman–Crippen LogP) is 2.93. The third-order valence-corrected chi connectivity index (χ3v) is 4.06. The molecule has 0 N–H and O–H groups in total. The Bertz CT molecular complexity index is 887. The quantitative estimate of drug-likeness (QED) is 0.675. The first-order valence-corrected chi connectivity index (χ1v) is 7.21. The lowest BCUT2D eigenvalue weighted by Crippen LogP contribution is -2.38. The van der Waals surface area contributed by atoms with Gasteiger partial charge in [-0.1, -0.05) is 12.1 Å². The third-order valence-electron chi connectivity index (χ3n) is 4.06. The van der Waals surface area contributed by atoms with Crippen molar-refractivity contribution in [3.63, 3.8) is 0 Å². The van der Waals surface area contributed by atoms with Crippen molar-refractivity contribution in [2.24, 2.45) is 0 Å². The molecule has 1 aromatic carbocycles. The number of fused-ring (bicyclic) bond motifs is 3. The fourth-order valence-corrected chi connectivity index (χ4v) is 3.07. The molecule has 0 spiro atoms. The number of aromatic nitrogens is 4. The van der Waals surface area contributed by atoms with Gasteiger partial charge in [0, 0.05) is 18.3 Å². The van der Waals surface area contributed by atoms with Gasteiger partial charge in [0.1, 0.15) is 18.0 Å². The number of hydrogen-bond donors (Lipinski definition) is 0. The number of hydrogen-bond acceptors (Lipinski definition) is 4. The van der Waals surface area contributed by atoms with E-state index >= 15 is 0 Å². The van der Waals surface area contributed by atoms with Gasteiger partial charge >= 0.3 is 6.18 Å². The monoisotopic (exact) mass is 337 g/mol. The van der Waals surface area contributed by atoms with Crippen molar-refractivity contribution in [1.29, 1.82) is 0 Å². The van der Waals surface area contributed by atoms with Gasteiger partial charge in [-0.3, -0.25) is 0 Å². The Morgan fingerprint density at radius 1 is 1.08 bits per heavy atom. The number of halogens is 4. The van der Waals surface area contributed by atoms with E-state index in [1.165, 1.54) is 21.9 Å². The van der Waals surface area contributed by atoms with E-state index in [1.807, 2.05) is 0 Å². The summed E-state index contributed by atoms with van der Waals surface area (Å²) >= 11 is 0. The van der Waals surface area contributed by atoms with Crippen LogP contribution in [-0.2, 0) is 6.42 Å². The molecule has 0 bridgehead atoms. The highest BCUT2D eigenvalue weighted by Crippen LogP contribution is 2.43. The van der Waals surface area contributed by atoms with E-state index in [4.69, 9.17) is 0 Å². The Hall–Kier alpha value is -2.71. The van der Waals surface area contributed by atoms with Crippen LogP contribution < -0.4 is 4.90 Å². The first kappa shape index (κ1) is 14.9. The van der Waals surface area contributed by atoms with Gasteiger partial charge in [0.2, 0.25) is 0 Å². The first-order valence-electron chi connectivity index (χ1n) is 7.21. The molecule has 1 atom stereocenters. The van der Waals surface area contributed by atoms with Crippen LogP contribution in [0.15, 0.2) is 36.8 Å². The maximum atomic E-state index is 13.8. The fraction of sp³-hybridized carbons (Fsp3) is 0.267. The Morgan fingerprint density at radius 3 is 2.54 bits per heavy atom. The smallest absolute Gasteiger partial charge is 0.340 e. The van der Waals surface area contributed by atoms with Crippen LogP contribution in [0, 0.1) is 5.82 Å². The molecule has 0 saturated carbocycles. The highest BCUT2D eigenvalue weighted by molar-refractivity contribution is 5.57. The molecular weight excluding hydrogens is 326 g/mol. The summed E-state index contributed by atoms with van der Waals surface area (Å²) in [7, 11) is 0. The van der Waals surface area contributed by atoms with Gasteiger partial charge < -0.3 is 4.90 Å². The molecule has 0 saturated heterocycles. The van der Waals surface area contributed by atoms with Crippen LogP contribution in [0.4, 0.5) is 23.4 Å². The zero-order valence-corrected chi connectivity index (χ0v) is 12.2. The van der Waals surface area contributed by atoms with Crippen molar-refractivity contribution in [2.75, 3.05) is 11.4 Å². The van der Waals surface area contributed by atoms with Gasteiger partial charge in [0.05, 0.1) is 0 Å². The highest BCUT2D eigenvalue weighted by Gasteiger charge is 2.47. The van der Waals surface area contributed by atoms with Crippen LogP contribution in [0.3, 0.4) is 0 Å². The summed E-state index contributed by atoms with van der Waals surface area (Å²) in [5.74, 6) is -0.0193. The summed E-state index contributed by atoms with van der Waals surface area (Å²) in [5, 5.41) is 3.99. The van der Waals surface area contributed by atoms with Crippen LogP contribution in [0.25, 0.3) is 5.78 Å². The second kappa shape index (κ2) is 5.15. The Kier molecular flexibility index (Phi) is 3.19. The highest BCUT2D eigenvalue weighted by atomic mass is 19.4. The molecule has 4 rings (SSSR count). The second-order valence-corrected chi connectivity index (χ2v) is 5.52. The normalized spacial score (nSPS) is 15.8. The molecule has 3 aromatic rings. The lowest BCUT2D eigenvalue weighted by molar-refractivity contribution is -0.150. The maximum absolute atomic E-state index is 13.8. The van der Waals surface area contributed by atoms with Crippen LogP contribution in [-0.4, -0.2) is 32.3 Å². The third kappa shape index (κ3) is 2.27. The molecule has 0 fully saturated rings. The van der Waals surface area contributed by atoms with Crippen molar-refractivity contribution in [1.82, 2.24) is 19.6 Å². The minimum absolute atomic E-state index is 0.0261. The summed E-state index contributed by atoms with van der Waals surface area (Å²) in [6.45, 7) is 0.164. The van der Waals surface area contributed by atoms with E-state index in [2.05, 4.69) is 15.1 Å². The minimum Gasteiger partial charge on any atom is -0.340 e. The number of alkyl halides is 3. The molecular formula is C15H11F4N5. The standard InChI is InChI=1S/C15H11F4N5/c16-11-3-1-9(2-4-11)12(15(17,18)19)23-6-5-10-7-20-14-21-8-22-24(14)13(10)23/h1-4,7-8,12H,5-6H2. The second-order valence-electron chi connectivity index (χ2n) is 5.52. The van der Waals surface area contributed by atoms with Crippen LogP contribution in [0.5, 0.6) is 0 Å². The van der Waals surface area contributed by atoms with E-state index in [0.717, 1.165) is 24.3 Å². The van der Waals surface area contributed by atoms with Crippen LogP contribution in [0.1, 0.15) is 17.2 Å². The fourth-order valence-electron chi connectivity index (χ4n) is 3.07. The Balaban J connectivity index is 1.87. The van der Waals surface area contributed by atoms with Gasteiger partial charge in [-0.05, 0) is 24.1 Å². The van der Waals surface area contributed by atoms with Gasteiger partial charge in [-0.15, -0.1) is 0 Å². The molecule has 5 nitrogen and oxygen atoms in total. The molecule has 0 amide bonds. The van der Waals surface area contributed by atoms with Gasteiger partial charge in [-0.2, -0.15) is 27.8 Å². The number of anilines is 1.